The smallest absolute Gasteiger partial charge is 0.328 e. The molecule has 35 heavy (non-hydrogen) atoms. The van der Waals surface area contributed by atoms with Gasteiger partial charge in [0.15, 0.2) is 0 Å². The van der Waals surface area contributed by atoms with Crippen LogP contribution in [0.2, 0.25) is 5.02 Å². The topological polar surface area (TPSA) is 113 Å². The van der Waals surface area contributed by atoms with Crippen molar-refractivity contribution >= 4 is 60.7 Å². The fraction of sp³-hybridized carbons (Fsp3) is 0.208. The molecule has 2 heterocycles. The molecule has 0 fully saturated rings. The average Bonchev–Trinajstić information content (AvgIpc) is 3.16. The van der Waals surface area contributed by atoms with Crippen LogP contribution in [0.15, 0.2) is 59.8 Å². The van der Waals surface area contributed by atoms with Gasteiger partial charge in [-0.25, -0.2) is 27.9 Å². The maximum Gasteiger partial charge on any atom is 0.328 e. The van der Waals surface area contributed by atoms with E-state index in [2.05, 4.69) is 20.6 Å². The highest BCUT2D eigenvalue weighted by Crippen LogP contribution is 2.41. The van der Waals surface area contributed by atoms with Crippen LogP contribution in [0.1, 0.15) is 24.6 Å². The Morgan fingerprint density at radius 1 is 1.06 bits per heavy atom. The van der Waals surface area contributed by atoms with Gasteiger partial charge in [0.2, 0.25) is 0 Å². The Morgan fingerprint density at radius 2 is 1.77 bits per heavy atom. The number of thiophene rings is 1. The van der Waals surface area contributed by atoms with Crippen molar-refractivity contribution in [3.8, 4) is 11.1 Å². The summed E-state index contributed by atoms with van der Waals surface area (Å²) in [5.41, 5.74) is 2.66. The number of urea groups is 1. The average molecular weight is 530 g/mol. The second-order valence-corrected chi connectivity index (χ2v) is 11.1. The molecule has 3 N–H and O–H groups in total. The first-order valence-electron chi connectivity index (χ1n) is 11.0. The fourth-order valence-corrected chi connectivity index (χ4v) is 5.62. The second kappa shape index (κ2) is 10.6. The molecule has 0 radical (unpaired) electrons. The Balaban J connectivity index is 1.58. The molecule has 2 aromatic heterocycles. The van der Waals surface area contributed by atoms with Gasteiger partial charge in [-0.2, -0.15) is 0 Å². The van der Waals surface area contributed by atoms with Gasteiger partial charge in [0.05, 0.1) is 10.3 Å². The molecule has 0 saturated carbocycles. The molecule has 0 aliphatic rings. The number of sulfonamides is 1. The van der Waals surface area contributed by atoms with Crippen molar-refractivity contribution < 1.29 is 13.2 Å². The van der Waals surface area contributed by atoms with Crippen molar-refractivity contribution in [3.05, 3.63) is 64.8 Å². The normalized spacial score (nSPS) is 11.4. The Morgan fingerprint density at radius 3 is 2.46 bits per heavy atom. The summed E-state index contributed by atoms with van der Waals surface area (Å²) in [5.74, 6) is 0.605. The summed E-state index contributed by atoms with van der Waals surface area (Å²) in [7, 11) is -3.99. The van der Waals surface area contributed by atoms with E-state index in [0.29, 0.717) is 23.1 Å². The maximum atomic E-state index is 12.5. The minimum atomic E-state index is -3.99. The van der Waals surface area contributed by atoms with Gasteiger partial charge in [0, 0.05) is 27.7 Å². The SMILES string of the molecule is CCCCNC(=O)NS(=O)(=O)c1ccc(Nc2ncnc3sc(C)c(-c4ccc(Cl)cc4)c23)cc1. The lowest BCUT2D eigenvalue weighted by atomic mass is 10.0. The number of hydrogen-bond donors (Lipinski definition) is 3. The van der Waals surface area contributed by atoms with Crippen LogP contribution in [-0.2, 0) is 10.0 Å². The zero-order valence-electron chi connectivity index (χ0n) is 19.1. The molecule has 0 aliphatic carbocycles. The van der Waals surface area contributed by atoms with Crippen molar-refractivity contribution in [2.45, 2.75) is 31.6 Å². The van der Waals surface area contributed by atoms with Crippen molar-refractivity contribution in [3.63, 3.8) is 0 Å². The van der Waals surface area contributed by atoms with Crippen LogP contribution >= 0.6 is 22.9 Å². The minimum absolute atomic E-state index is 0.0187. The number of hydrogen-bond acceptors (Lipinski definition) is 7. The molecule has 0 bridgehead atoms. The third kappa shape index (κ3) is 5.72. The van der Waals surface area contributed by atoms with Crippen molar-refractivity contribution in [1.29, 1.82) is 0 Å². The second-order valence-electron chi connectivity index (χ2n) is 7.81. The summed E-state index contributed by atoms with van der Waals surface area (Å²) in [6.07, 6.45) is 3.16. The highest BCUT2D eigenvalue weighted by atomic mass is 35.5. The lowest BCUT2D eigenvalue weighted by Crippen LogP contribution is -2.39. The number of amides is 2. The van der Waals surface area contributed by atoms with E-state index in [9.17, 15) is 13.2 Å². The largest absolute Gasteiger partial charge is 0.340 e. The zero-order chi connectivity index (χ0) is 25.0. The number of nitrogens with zero attached hydrogens (tertiary/aromatic N) is 2. The number of fused-ring (bicyclic) bond motifs is 1. The van der Waals surface area contributed by atoms with Crippen LogP contribution < -0.4 is 15.4 Å². The van der Waals surface area contributed by atoms with Crippen molar-refractivity contribution in [1.82, 2.24) is 20.0 Å². The molecule has 182 valence electrons. The van der Waals surface area contributed by atoms with E-state index < -0.39 is 16.1 Å². The first-order valence-corrected chi connectivity index (χ1v) is 13.6. The van der Waals surface area contributed by atoms with Crippen molar-refractivity contribution in [2.75, 3.05) is 11.9 Å². The number of aryl methyl sites for hydroxylation is 1. The van der Waals surface area contributed by atoms with E-state index in [4.69, 9.17) is 11.6 Å². The lowest BCUT2D eigenvalue weighted by Gasteiger charge is -2.11. The third-order valence-corrected chi connectivity index (χ3v) is 7.88. The molecule has 4 rings (SSSR count). The number of carbonyl (C=O) groups excluding carboxylic acids is 1. The van der Waals surface area contributed by atoms with Gasteiger partial charge in [-0.1, -0.05) is 37.1 Å². The predicted molar refractivity (Wildman–Crippen MR) is 141 cm³/mol. The summed E-state index contributed by atoms with van der Waals surface area (Å²) in [4.78, 5) is 22.6. The molecule has 2 amide bonds. The van der Waals surface area contributed by atoms with E-state index in [1.54, 1.807) is 23.5 Å². The molecular formula is C24H24ClN5O3S2. The molecule has 2 aromatic carbocycles. The Bertz CT molecular complexity index is 1450. The summed E-state index contributed by atoms with van der Waals surface area (Å²) in [5, 5.41) is 7.33. The molecule has 4 aromatic rings. The number of halogens is 1. The van der Waals surface area contributed by atoms with Crippen LogP contribution in [-0.4, -0.2) is 31.0 Å². The number of rotatable bonds is 8. The number of unbranched alkanes of at least 4 members (excludes halogenated alkanes) is 1. The standard InChI is InChI=1S/C24H24ClN5O3S2/c1-3-4-13-26-24(31)30-35(32,33)19-11-9-18(10-12-19)29-22-21-20(16-5-7-17(25)8-6-16)15(2)34-23(21)28-14-27-22/h5-12,14H,3-4,13H2,1-2H3,(H2,26,30,31)(H,27,28,29). The van der Waals surface area contributed by atoms with Crippen LogP contribution in [0.5, 0.6) is 0 Å². The third-order valence-electron chi connectivity index (χ3n) is 5.27. The highest BCUT2D eigenvalue weighted by molar-refractivity contribution is 7.90. The minimum Gasteiger partial charge on any atom is -0.340 e. The van der Waals surface area contributed by atoms with Crippen LogP contribution in [0.25, 0.3) is 21.3 Å². The van der Waals surface area contributed by atoms with Gasteiger partial charge in [-0.05, 0) is 55.3 Å². The van der Waals surface area contributed by atoms with Gasteiger partial charge in [0.25, 0.3) is 10.0 Å². The fourth-order valence-electron chi connectivity index (χ4n) is 3.55. The number of nitrogens with one attached hydrogen (secondary N) is 3. The van der Waals surface area contributed by atoms with Gasteiger partial charge in [0.1, 0.15) is 17.0 Å². The van der Waals surface area contributed by atoms with E-state index >= 15 is 0 Å². The zero-order valence-corrected chi connectivity index (χ0v) is 21.5. The number of carbonyl (C=O) groups is 1. The predicted octanol–water partition coefficient (Wildman–Crippen LogP) is 5.85. The van der Waals surface area contributed by atoms with Gasteiger partial charge < -0.3 is 10.6 Å². The molecule has 0 unspecified atom stereocenters. The molecular weight excluding hydrogens is 506 g/mol. The summed E-state index contributed by atoms with van der Waals surface area (Å²) >= 11 is 7.64. The van der Waals surface area contributed by atoms with Gasteiger partial charge in [-0.15, -0.1) is 11.3 Å². The first kappa shape index (κ1) is 24.9. The molecule has 0 spiro atoms. The van der Waals surface area contributed by atoms with E-state index in [0.717, 1.165) is 39.1 Å². The Hall–Kier alpha value is -3.21. The molecule has 11 heteroatoms. The quantitative estimate of drug-likeness (QED) is 0.247. The lowest BCUT2D eigenvalue weighted by molar-refractivity contribution is 0.245. The Labute approximate surface area is 212 Å². The Kier molecular flexibility index (Phi) is 7.54. The maximum absolute atomic E-state index is 12.5. The number of aromatic nitrogens is 2. The van der Waals surface area contributed by atoms with Crippen LogP contribution in [0.4, 0.5) is 16.3 Å². The monoisotopic (exact) mass is 529 g/mol. The summed E-state index contributed by atoms with van der Waals surface area (Å²) in [6, 6.07) is 13.0. The van der Waals surface area contributed by atoms with Crippen LogP contribution in [0, 0.1) is 6.92 Å². The molecule has 8 nitrogen and oxygen atoms in total. The van der Waals surface area contributed by atoms with E-state index in [1.807, 2.05) is 42.8 Å². The molecule has 0 aliphatic heterocycles. The van der Waals surface area contributed by atoms with E-state index in [1.165, 1.54) is 18.5 Å². The van der Waals surface area contributed by atoms with Gasteiger partial charge in [-0.3, -0.25) is 0 Å². The van der Waals surface area contributed by atoms with E-state index in [-0.39, 0.29) is 4.90 Å². The highest BCUT2D eigenvalue weighted by Gasteiger charge is 2.19. The van der Waals surface area contributed by atoms with Gasteiger partial charge >= 0.3 is 6.03 Å². The molecule has 0 atom stereocenters. The van der Waals surface area contributed by atoms with Crippen molar-refractivity contribution in [2.24, 2.45) is 0 Å². The number of benzene rings is 2. The summed E-state index contributed by atoms with van der Waals surface area (Å²) in [6.45, 7) is 4.43. The van der Waals surface area contributed by atoms with Crippen LogP contribution in [0.3, 0.4) is 0 Å². The first-order chi connectivity index (χ1) is 16.8. The number of anilines is 2. The summed E-state index contributed by atoms with van der Waals surface area (Å²) < 4.78 is 27.1. The molecule has 0 saturated heterocycles.